The van der Waals surface area contributed by atoms with Gasteiger partial charge in [0, 0.05) is 17.4 Å². The highest BCUT2D eigenvalue weighted by atomic mass is 19.1. The highest BCUT2D eigenvalue weighted by Gasteiger charge is 2.39. The Balaban J connectivity index is 0.000000663. The van der Waals surface area contributed by atoms with Gasteiger partial charge < -0.3 is 0 Å². The van der Waals surface area contributed by atoms with E-state index < -0.39 is 5.41 Å². The van der Waals surface area contributed by atoms with Crippen LogP contribution in [0.5, 0.6) is 0 Å². The number of hydrogen-bond acceptors (Lipinski definition) is 1. The molecule has 1 aliphatic carbocycles. The molecule has 1 nitrogen and oxygen atoms in total. The lowest BCUT2D eigenvalue weighted by atomic mass is 9.65. The van der Waals surface area contributed by atoms with Gasteiger partial charge in [0.15, 0.2) is 0 Å². The van der Waals surface area contributed by atoms with Crippen molar-refractivity contribution in [2.24, 2.45) is 0 Å². The number of rotatable bonds is 4. The van der Waals surface area contributed by atoms with Gasteiger partial charge in [-0.2, -0.15) is 0 Å². The van der Waals surface area contributed by atoms with Crippen LogP contribution in [-0.2, 0) is 10.2 Å². The summed E-state index contributed by atoms with van der Waals surface area (Å²) < 4.78 is 28.0. The fourth-order valence-electron chi connectivity index (χ4n) is 3.55. The van der Waals surface area contributed by atoms with Gasteiger partial charge in [-0.1, -0.05) is 67.2 Å². The highest BCUT2D eigenvalue weighted by molar-refractivity contribution is 5.77. The predicted molar refractivity (Wildman–Crippen MR) is 108 cm³/mol. The van der Waals surface area contributed by atoms with Crippen molar-refractivity contribution in [2.75, 3.05) is 0 Å². The van der Waals surface area contributed by atoms with Crippen molar-refractivity contribution in [3.05, 3.63) is 34.9 Å². The number of benzene rings is 1. The van der Waals surface area contributed by atoms with E-state index >= 15 is 0 Å². The van der Waals surface area contributed by atoms with E-state index in [1.807, 2.05) is 13.8 Å². The number of unbranched alkanes of at least 4 members (excludes halogenated alkanes) is 2. The van der Waals surface area contributed by atoms with E-state index in [-0.39, 0.29) is 29.8 Å². The first-order valence-corrected chi connectivity index (χ1v) is 10.2. The Labute approximate surface area is 159 Å². The lowest BCUT2D eigenvalue weighted by molar-refractivity contribution is -0.118. The number of ketones is 1. The van der Waals surface area contributed by atoms with Crippen LogP contribution in [0.4, 0.5) is 8.78 Å². The zero-order valence-electron chi connectivity index (χ0n) is 17.8. The molecule has 0 saturated carbocycles. The second-order valence-corrected chi connectivity index (χ2v) is 7.76. The summed E-state index contributed by atoms with van der Waals surface area (Å²) in [6.07, 6.45) is 7.11. The van der Waals surface area contributed by atoms with Crippen LogP contribution < -0.4 is 0 Å². The topological polar surface area (TPSA) is 17.1 Å². The van der Waals surface area contributed by atoms with Crippen molar-refractivity contribution >= 4 is 5.78 Å². The van der Waals surface area contributed by atoms with Gasteiger partial charge in [0.2, 0.25) is 0 Å². The molecular formula is C23H38F2O. The highest BCUT2D eigenvalue weighted by Crippen LogP contribution is 2.46. The monoisotopic (exact) mass is 368 g/mol. The lowest BCUT2D eigenvalue weighted by Crippen LogP contribution is -2.33. The predicted octanol–water partition coefficient (Wildman–Crippen LogP) is 7.71. The summed E-state index contributed by atoms with van der Waals surface area (Å²) >= 11 is 0. The summed E-state index contributed by atoms with van der Waals surface area (Å²) in [7, 11) is 0. The molecule has 0 saturated heterocycles. The van der Waals surface area contributed by atoms with Gasteiger partial charge in [-0.25, -0.2) is 8.78 Å². The number of halogens is 2. The Morgan fingerprint density at radius 1 is 1.12 bits per heavy atom. The van der Waals surface area contributed by atoms with Gasteiger partial charge in [0.05, 0.1) is 0 Å². The van der Waals surface area contributed by atoms with E-state index in [9.17, 15) is 13.6 Å². The Morgan fingerprint density at radius 3 is 2.04 bits per heavy atom. The Hall–Kier alpha value is -1.25. The SMILES string of the molecule is CC(=O)CC1(C)CCC(C)c2c(F)ccc(F)c21.CCC.CCCCC. The maximum Gasteiger partial charge on any atom is 0.130 e. The summed E-state index contributed by atoms with van der Waals surface area (Å²) in [5.41, 5.74) is 0.307. The van der Waals surface area contributed by atoms with Crippen LogP contribution in [0.1, 0.15) is 110 Å². The molecule has 0 N–H and O–H groups in total. The second-order valence-electron chi connectivity index (χ2n) is 7.76. The number of carbonyl (C=O) groups excluding carboxylic acids is 1. The minimum Gasteiger partial charge on any atom is -0.300 e. The molecule has 0 bridgehead atoms. The van der Waals surface area contributed by atoms with Crippen LogP contribution in [0, 0.1) is 11.6 Å². The molecule has 0 radical (unpaired) electrons. The smallest absolute Gasteiger partial charge is 0.130 e. The average Bonchev–Trinajstić information content (AvgIpc) is 2.55. The van der Waals surface area contributed by atoms with E-state index in [1.165, 1.54) is 44.7 Å². The molecular weight excluding hydrogens is 330 g/mol. The quantitative estimate of drug-likeness (QED) is 0.532. The Bertz CT molecular complexity index is 551. The molecule has 3 heteroatoms. The molecule has 2 unspecified atom stereocenters. The van der Waals surface area contributed by atoms with Gasteiger partial charge in [0.25, 0.3) is 0 Å². The van der Waals surface area contributed by atoms with Crippen molar-refractivity contribution in [1.29, 1.82) is 0 Å². The molecule has 150 valence electrons. The second kappa shape index (κ2) is 12.2. The molecule has 2 rings (SSSR count). The van der Waals surface area contributed by atoms with Crippen LogP contribution in [0.2, 0.25) is 0 Å². The molecule has 0 aliphatic heterocycles. The summed E-state index contributed by atoms with van der Waals surface area (Å²) in [4.78, 5) is 11.4. The van der Waals surface area contributed by atoms with Crippen molar-refractivity contribution in [1.82, 2.24) is 0 Å². The van der Waals surface area contributed by atoms with Gasteiger partial charge in [-0.05, 0) is 43.4 Å². The number of fused-ring (bicyclic) bond motifs is 1. The maximum absolute atomic E-state index is 14.1. The molecule has 0 fully saturated rings. The maximum atomic E-state index is 14.1. The van der Waals surface area contributed by atoms with Crippen LogP contribution >= 0.6 is 0 Å². The van der Waals surface area contributed by atoms with Crippen molar-refractivity contribution in [2.45, 2.75) is 105 Å². The van der Waals surface area contributed by atoms with Gasteiger partial charge in [0.1, 0.15) is 17.4 Å². The summed E-state index contributed by atoms with van der Waals surface area (Å²) in [5.74, 6) is -0.715. The third-order valence-electron chi connectivity index (χ3n) is 4.71. The molecule has 1 aromatic rings. The number of hydrogen-bond donors (Lipinski definition) is 0. The fourth-order valence-corrected chi connectivity index (χ4v) is 3.55. The van der Waals surface area contributed by atoms with Crippen LogP contribution in [0.25, 0.3) is 0 Å². The zero-order valence-corrected chi connectivity index (χ0v) is 17.8. The molecule has 2 atom stereocenters. The molecule has 26 heavy (non-hydrogen) atoms. The van der Waals surface area contributed by atoms with E-state index in [0.717, 1.165) is 12.8 Å². The van der Waals surface area contributed by atoms with Crippen molar-refractivity contribution in [3.8, 4) is 0 Å². The van der Waals surface area contributed by atoms with Crippen LogP contribution in [-0.4, -0.2) is 5.78 Å². The number of Topliss-reactive ketones (excluding diaryl/α,β-unsaturated/α-hetero) is 1. The first kappa shape index (κ1) is 24.8. The zero-order chi connectivity index (χ0) is 20.3. The summed E-state index contributed by atoms with van der Waals surface area (Å²) in [6, 6.07) is 2.36. The number of carbonyl (C=O) groups is 1. The third kappa shape index (κ3) is 7.17. The minimum absolute atomic E-state index is 0.00994. The first-order chi connectivity index (χ1) is 12.2. The first-order valence-electron chi connectivity index (χ1n) is 10.2. The standard InChI is InChI=1S/C15H18F2O.C5H12.C3H8/c1-9-6-7-15(3,8-10(2)18)14-12(17)5-4-11(16)13(9)14;1-3-5-4-2;1-3-2/h4-5,9H,6-8H2,1-3H3;3-5H2,1-2H3;3H2,1-2H3. The van der Waals surface area contributed by atoms with E-state index in [1.54, 1.807) is 0 Å². The largest absolute Gasteiger partial charge is 0.300 e. The molecule has 0 aromatic heterocycles. The van der Waals surface area contributed by atoms with Gasteiger partial charge >= 0.3 is 0 Å². The Morgan fingerprint density at radius 2 is 1.62 bits per heavy atom. The van der Waals surface area contributed by atoms with Crippen molar-refractivity contribution < 1.29 is 13.6 Å². The summed E-state index contributed by atoms with van der Waals surface area (Å²) in [5, 5.41) is 0. The van der Waals surface area contributed by atoms with E-state index in [4.69, 9.17) is 0 Å². The van der Waals surface area contributed by atoms with Gasteiger partial charge in [-0.3, -0.25) is 4.79 Å². The normalized spacial score (nSPS) is 20.9. The van der Waals surface area contributed by atoms with E-state index in [2.05, 4.69) is 27.7 Å². The molecule has 0 spiro atoms. The molecule has 1 aromatic carbocycles. The fraction of sp³-hybridized carbons (Fsp3) is 0.696. The average molecular weight is 369 g/mol. The third-order valence-corrected chi connectivity index (χ3v) is 4.71. The van der Waals surface area contributed by atoms with Crippen LogP contribution in [0.3, 0.4) is 0 Å². The summed E-state index contributed by atoms with van der Waals surface area (Å²) in [6.45, 7) is 13.9. The van der Waals surface area contributed by atoms with Gasteiger partial charge in [-0.15, -0.1) is 0 Å². The lowest BCUT2D eigenvalue weighted by Gasteiger charge is -2.38. The Kier molecular flexibility index (Phi) is 11.6. The van der Waals surface area contributed by atoms with E-state index in [0.29, 0.717) is 11.1 Å². The van der Waals surface area contributed by atoms with Crippen molar-refractivity contribution in [3.63, 3.8) is 0 Å². The minimum atomic E-state index is -0.570. The molecule has 0 heterocycles. The molecule has 0 amide bonds. The van der Waals surface area contributed by atoms with Crippen LogP contribution in [0.15, 0.2) is 12.1 Å². The molecule has 1 aliphatic rings.